The van der Waals surface area contributed by atoms with Crippen molar-refractivity contribution in [2.45, 2.75) is 56.2 Å². The van der Waals surface area contributed by atoms with Gasteiger partial charge in [-0.05, 0) is 83.6 Å². The molecule has 1 saturated heterocycles. The van der Waals surface area contributed by atoms with Gasteiger partial charge in [-0.15, -0.1) is 0 Å². The van der Waals surface area contributed by atoms with Gasteiger partial charge in [-0.25, -0.2) is 12.8 Å². The number of hydrogen-bond donors (Lipinski definition) is 1. The molecular formula is C35H35FN2O6S. The van der Waals surface area contributed by atoms with Gasteiger partial charge in [0.05, 0.1) is 23.8 Å². The predicted molar refractivity (Wildman–Crippen MR) is 168 cm³/mol. The SMILES string of the molecule is CCc1ccc(S(=O)(=O)NC(CC)N2C(=O)C(c3ccc(F)cc3)C(c3ccc(OCc4ccc(OC)cc4)cc3)C2=O)cc1. The second kappa shape index (κ2) is 13.6. The molecule has 0 radical (unpaired) electrons. The molecule has 8 nitrogen and oxygen atoms in total. The molecule has 3 atom stereocenters. The normalized spacial score (nSPS) is 17.4. The number of nitrogens with one attached hydrogen (secondary N) is 1. The maximum atomic E-state index is 14.1. The van der Waals surface area contributed by atoms with Crippen molar-refractivity contribution in [2.75, 3.05) is 7.11 Å². The van der Waals surface area contributed by atoms with Crippen LogP contribution in [0.15, 0.2) is 102 Å². The van der Waals surface area contributed by atoms with Crippen LogP contribution in [0, 0.1) is 5.82 Å². The van der Waals surface area contributed by atoms with Crippen LogP contribution in [0.4, 0.5) is 4.39 Å². The minimum Gasteiger partial charge on any atom is -0.497 e. The van der Waals surface area contributed by atoms with Crippen LogP contribution >= 0.6 is 0 Å². The second-order valence-corrected chi connectivity index (χ2v) is 12.5. The van der Waals surface area contributed by atoms with Gasteiger partial charge in [0.15, 0.2) is 0 Å². The number of rotatable bonds is 12. The summed E-state index contributed by atoms with van der Waals surface area (Å²) in [5.74, 6) is -2.21. The van der Waals surface area contributed by atoms with Crippen LogP contribution < -0.4 is 14.2 Å². The maximum Gasteiger partial charge on any atom is 0.242 e. The first-order valence-electron chi connectivity index (χ1n) is 14.7. The number of methoxy groups -OCH3 is 1. The molecule has 4 aromatic rings. The van der Waals surface area contributed by atoms with Gasteiger partial charge in [0.2, 0.25) is 21.8 Å². The molecule has 5 rings (SSSR count). The molecule has 1 aliphatic rings. The van der Waals surface area contributed by atoms with Crippen molar-refractivity contribution in [3.63, 3.8) is 0 Å². The summed E-state index contributed by atoms with van der Waals surface area (Å²) in [6.45, 7) is 3.98. The van der Waals surface area contributed by atoms with E-state index in [9.17, 15) is 22.4 Å². The Morgan fingerprint density at radius 1 is 0.756 bits per heavy atom. The Bertz CT molecular complexity index is 1740. The molecule has 10 heteroatoms. The van der Waals surface area contributed by atoms with Gasteiger partial charge in [0.25, 0.3) is 0 Å². The number of likely N-dealkylation sites (tertiary alicyclic amines) is 1. The lowest BCUT2D eigenvalue weighted by atomic mass is 9.83. The number of amides is 2. The standard InChI is InChI=1S/C35H35FN2O6S/c1-4-23-8-20-30(21-9-23)45(41,42)37-31(5-2)38-34(39)32(25-10-14-27(36)15-11-25)33(35(38)40)26-12-18-29(19-13-26)44-22-24-6-16-28(43-3)17-7-24/h6-21,31-33,37H,4-5,22H2,1-3H3. The molecule has 2 amide bonds. The Morgan fingerprint density at radius 2 is 1.27 bits per heavy atom. The van der Waals surface area contributed by atoms with Gasteiger partial charge in [-0.2, -0.15) is 4.72 Å². The van der Waals surface area contributed by atoms with Gasteiger partial charge in [0.1, 0.15) is 30.1 Å². The molecule has 4 aromatic carbocycles. The first-order valence-corrected chi connectivity index (χ1v) is 16.2. The summed E-state index contributed by atoms with van der Waals surface area (Å²) >= 11 is 0. The molecule has 45 heavy (non-hydrogen) atoms. The summed E-state index contributed by atoms with van der Waals surface area (Å²) in [5.41, 5.74) is 2.93. The van der Waals surface area contributed by atoms with Crippen LogP contribution in [0.3, 0.4) is 0 Å². The molecule has 1 aliphatic heterocycles. The number of sulfonamides is 1. The maximum absolute atomic E-state index is 14.1. The van der Waals surface area contributed by atoms with E-state index in [4.69, 9.17) is 9.47 Å². The molecule has 0 aliphatic carbocycles. The first-order chi connectivity index (χ1) is 21.6. The average Bonchev–Trinajstić information content (AvgIpc) is 3.32. The molecule has 1 fully saturated rings. The summed E-state index contributed by atoms with van der Waals surface area (Å²) in [6.07, 6.45) is -0.227. The molecule has 0 bridgehead atoms. The van der Waals surface area contributed by atoms with Crippen molar-refractivity contribution < 1.29 is 31.9 Å². The van der Waals surface area contributed by atoms with Gasteiger partial charge in [-0.3, -0.25) is 14.5 Å². The number of nitrogens with zero attached hydrogens (tertiary/aromatic N) is 1. The molecule has 1 N–H and O–H groups in total. The highest BCUT2D eigenvalue weighted by molar-refractivity contribution is 7.89. The molecular weight excluding hydrogens is 595 g/mol. The van der Waals surface area contributed by atoms with Crippen molar-refractivity contribution in [3.05, 3.63) is 125 Å². The van der Waals surface area contributed by atoms with Crippen molar-refractivity contribution >= 4 is 21.8 Å². The van der Waals surface area contributed by atoms with Crippen LogP contribution in [0.1, 0.15) is 54.4 Å². The van der Waals surface area contributed by atoms with E-state index >= 15 is 0 Å². The highest BCUT2D eigenvalue weighted by atomic mass is 32.2. The number of carbonyl (C=O) groups excluding carboxylic acids is 2. The van der Waals surface area contributed by atoms with Crippen molar-refractivity contribution in [2.24, 2.45) is 0 Å². The summed E-state index contributed by atoms with van der Waals surface area (Å²) in [7, 11) is -2.46. The minimum atomic E-state index is -4.06. The molecule has 0 spiro atoms. The van der Waals surface area contributed by atoms with E-state index in [0.29, 0.717) is 23.5 Å². The third-order valence-electron chi connectivity index (χ3n) is 8.00. The lowest BCUT2D eigenvalue weighted by Gasteiger charge is -2.26. The summed E-state index contributed by atoms with van der Waals surface area (Å²) < 4.78 is 54.2. The highest BCUT2D eigenvalue weighted by Gasteiger charge is 2.51. The lowest BCUT2D eigenvalue weighted by molar-refractivity contribution is -0.142. The molecule has 0 aromatic heterocycles. The van der Waals surface area contributed by atoms with E-state index in [1.807, 2.05) is 31.2 Å². The van der Waals surface area contributed by atoms with Crippen LogP contribution in [-0.4, -0.2) is 38.4 Å². The zero-order valence-electron chi connectivity index (χ0n) is 25.3. The smallest absolute Gasteiger partial charge is 0.242 e. The van der Waals surface area contributed by atoms with Crippen LogP contribution in [0.2, 0.25) is 0 Å². The van der Waals surface area contributed by atoms with Gasteiger partial charge in [-0.1, -0.05) is 62.4 Å². The van der Waals surface area contributed by atoms with Crippen molar-refractivity contribution in [1.82, 2.24) is 9.62 Å². The van der Waals surface area contributed by atoms with Gasteiger partial charge >= 0.3 is 0 Å². The number of carbonyl (C=O) groups is 2. The van der Waals surface area contributed by atoms with Gasteiger partial charge < -0.3 is 9.47 Å². The van der Waals surface area contributed by atoms with Crippen LogP contribution in [0.25, 0.3) is 0 Å². The zero-order valence-corrected chi connectivity index (χ0v) is 26.1. The summed E-state index contributed by atoms with van der Waals surface area (Å²) in [5, 5.41) is 0. The number of aryl methyl sites for hydroxylation is 1. The Hall–Kier alpha value is -4.54. The monoisotopic (exact) mass is 630 g/mol. The van der Waals surface area contributed by atoms with Crippen LogP contribution in [-0.2, 0) is 32.6 Å². The minimum absolute atomic E-state index is 0.0362. The number of imide groups is 1. The second-order valence-electron chi connectivity index (χ2n) is 10.8. The fourth-order valence-corrected chi connectivity index (χ4v) is 6.73. The van der Waals surface area contributed by atoms with Crippen LogP contribution in [0.5, 0.6) is 11.5 Å². The quantitative estimate of drug-likeness (QED) is 0.195. The van der Waals surface area contributed by atoms with Crippen molar-refractivity contribution in [1.29, 1.82) is 0 Å². The Labute approximate surface area is 262 Å². The van der Waals surface area contributed by atoms with Gasteiger partial charge in [0, 0.05) is 0 Å². The Morgan fingerprint density at radius 3 is 1.78 bits per heavy atom. The Balaban J connectivity index is 1.42. The largest absolute Gasteiger partial charge is 0.497 e. The third kappa shape index (κ3) is 6.92. The molecule has 1 heterocycles. The van der Waals surface area contributed by atoms with Crippen molar-refractivity contribution in [3.8, 4) is 11.5 Å². The number of benzene rings is 4. The Kier molecular flexibility index (Phi) is 9.65. The fraction of sp³-hybridized carbons (Fsp3) is 0.257. The van der Waals surface area contributed by atoms with E-state index in [-0.39, 0.29) is 11.3 Å². The number of hydrogen-bond acceptors (Lipinski definition) is 6. The predicted octanol–water partition coefficient (Wildman–Crippen LogP) is 5.93. The number of ether oxygens (including phenoxy) is 2. The molecule has 3 unspecified atom stereocenters. The van der Waals surface area contributed by atoms with E-state index in [1.165, 1.54) is 36.4 Å². The molecule has 0 saturated carbocycles. The molecule has 234 valence electrons. The van der Waals surface area contributed by atoms with E-state index in [0.717, 1.165) is 28.2 Å². The topological polar surface area (TPSA) is 102 Å². The summed E-state index contributed by atoms with van der Waals surface area (Å²) in [4.78, 5) is 29.1. The average molecular weight is 631 g/mol. The van der Waals surface area contributed by atoms with E-state index in [1.54, 1.807) is 50.4 Å². The number of halogens is 1. The lowest BCUT2D eigenvalue weighted by Crippen LogP contribution is -2.50. The zero-order chi connectivity index (χ0) is 32.1. The fourth-order valence-electron chi connectivity index (χ4n) is 5.47. The third-order valence-corrected chi connectivity index (χ3v) is 9.48. The van der Waals surface area contributed by atoms with E-state index in [2.05, 4.69) is 4.72 Å². The highest BCUT2D eigenvalue weighted by Crippen LogP contribution is 2.43. The first kappa shape index (κ1) is 31.9. The van der Waals surface area contributed by atoms with E-state index < -0.39 is 45.7 Å². The summed E-state index contributed by atoms with van der Waals surface area (Å²) in [6, 6.07) is 26.3.